The van der Waals surface area contributed by atoms with Crippen molar-refractivity contribution < 1.29 is 18.0 Å². The molecule has 0 radical (unpaired) electrons. The molecule has 0 spiro atoms. The Kier molecular flexibility index (Phi) is 2.94. The molecule has 0 saturated carbocycles. The molecule has 0 aliphatic heterocycles. The van der Waals surface area contributed by atoms with E-state index >= 15 is 0 Å². The number of alkyl halides is 3. The molecule has 0 atom stereocenters. The lowest BCUT2D eigenvalue weighted by Gasteiger charge is -2.06. The molecule has 3 aromatic heterocycles. The number of rotatable bonds is 2. The molecule has 0 unspecified atom stereocenters. The van der Waals surface area contributed by atoms with Crippen molar-refractivity contribution in [2.24, 2.45) is 12.8 Å². The Morgan fingerprint density at radius 3 is 2.50 bits per heavy atom. The summed E-state index contributed by atoms with van der Waals surface area (Å²) in [4.78, 5) is 14.6. The number of hydrogen-bond donors (Lipinski definition) is 1. The van der Waals surface area contributed by atoms with Gasteiger partial charge in [0.1, 0.15) is 0 Å². The zero-order valence-electron chi connectivity index (χ0n) is 11.3. The van der Waals surface area contributed by atoms with Gasteiger partial charge in [-0.15, -0.1) is 0 Å². The van der Waals surface area contributed by atoms with E-state index in [2.05, 4.69) is 10.1 Å². The number of pyridine rings is 1. The van der Waals surface area contributed by atoms with Crippen LogP contribution < -0.4 is 5.73 Å². The fraction of sp³-hybridized carbons (Fsp3) is 0.154. The first kappa shape index (κ1) is 14.1. The van der Waals surface area contributed by atoms with Gasteiger partial charge in [0.2, 0.25) is 5.82 Å². The van der Waals surface area contributed by atoms with Crippen molar-refractivity contribution in [2.45, 2.75) is 6.18 Å². The Labute approximate surface area is 122 Å². The van der Waals surface area contributed by atoms with Gasteiger partial charge in [-0.05, 0) is 6.07 Å². The van der Waals surface area contributed by atoms with Crippen LogP contribution in [-0.2, 0) is 13.2 Å². The molecule has 22 heavy (non-hydrogen) atoms. The smallest absolute Gasteiger partial charge is 0.364 e. The molecule has 0 fully saturated rings. The second kappa shape index (κ2) is 4.58. The maximum atomic E-state index is 13.1. The van der Waals surface area contributed by atoms with Crippen LogP contribution in [0.2, 0.25) is 0 Å². The van der Waals surface area contributed by atoms with Gasteiger partial charge in [0.25, 0.3) is 5.91 Å². The molecule has 0 bridgehead atoms. The van der Waals surface area contributed by atoms with Gasteiger partial charge in [-0.3, -0.25) is 13.9 Å². The fourth-order valence-corrected chi connectivity index (χ4v) is 2.21. The van der Waals surface area contributed by atoms with Crippen LogP contribution in [0.25, 0.3) is 16.6 Å². The number of halogens is 3. The molecule has 114 valence electrons. The minimum absolute atomic E-state index is 0.00691. The second-order valence-corrected chi connectivity index (χ2v) is 4.72. The van der Waals surface area contributed by atoms with Gasteiger partial charge < -0.3 is 5.73 Å². The molecule has 2 N–H and O–H groups in total. The second-order valence-electron chi connectivity index (χ2n) is 4.72. The standard InChI is InChI=1S/C13H10F3N5O/c1-20-5-8(4-18-20)7-2-3-9-10(11(17)22)19-12(13(14,15)16)21(9)6-7/h2-6H,1H3,(H2,17,22). The normalized spacial score (nSPS) is 12.0. The summed E-state index contributed by atoms with van der Waals surface area (Å²) >= 11 is 0. The zero-order valence-corrected chi connectivity index (χ0v) is 11.3. The molecule has 3 rings (SSSR count). The van der Waals surface area contributed by atoms with E-state index < -0.39 is 23.6 Å². The number of aryl methyl sites for hydroxylation is 1. The largest absolute Gasteiger partial charge is 0.450 e. The predicted molar refractivity (Wildman–Crippen MR) is 70.9 cm³/mol. The van der Waals surface area contributed by atoms with Crippen LogP contribution in [0.15, 0.2) is 30.7 Å². The Balaban J connectivity index is 2.28. The topological polar surface area (TPSA) is 78.2 Å². The highest BCUT2D eigenvalue weighted by Crippen LogP contribution is 2.31. The van der Waals surface area contributed by atoms with Crippen molar-refractivity contribution >= 4 is 11.4 Å². The van der Waals surface area contributed by atoms with Crippen LogP contribution in [0.3, 0.4) is 0 Å². The molecule has 9 heteroatoms. The summed E-state index contributed by atoms with van der Waals surface area (Å²) in [5.41, 5.74) is 5.85. The van der Waals surface area contributed by atoms with Crippen LogP contribution in [0.4, 0.5) is 13.2 Å². The lowest BCUT2D eigenvalue weighted by molar-refractivity contribution is -0.145. The lowest BCUT2D eigenvalue weighted by atomic mass is 10.1. The summed E-state index contributed by atoms with van der Waals surface area (Å²) in [6, 6.07) is 2.96. The quantitative estimate of drug-likeness (QED) is 0.784. The summed E-state index contributed by atoms with van der Waals surface area (Å²) in [6.45, 7) is 0. The molecular weight excluding hydrogens is 299 g/mol. The average molecular weight is 309 g/mol. The van der Waals surface area contributed by atoms with Crippen LogP contribution in [0.1, 0.15) is 16.3 Å². The third kappa shape index (κ3) is 2.20. The number of primary amides is 1. The molecule has 6 nitrogen and oxygen atoms in total. The molecule has 3 heterocycles. The van der Waals surface area contributed by atoms with E-state index in [0.717, 1.165) is 4.40 Å². The molecule has 0 aliphatic rings. The maximum Gasteiger partial charge on any atom is 0.450 e. The summed E-state index contributed by atoms with van der Waals surface area (Å²) in [6.07, 6.45) is -0.251. The minimum atomic E-state index is -4.70. The van der Waals surface area contributed by atoms with Crippen LogP contribution in [0, 0.1) is 0 Å². The average Bonchev–Trinajstić information content (AvgIpc) is 3.00. The molecule has 1 amide bonds. The van der Waals surface area contributed by atoms with Crippen LogP contribution in [0.5, 0.6) is 0 Å². The number of carbonyl (C=O) groups excluding carboxylic acids is 1. The molecule has 0 aliphatic carbocycles. The number of carbonyl (C=O) groups is 1. The van der Waals surface area contributed by atoms with E-state index in [4.69, 9.17) is 5.73 Å². The molecule has 0 aromatic carbocycles. The van der Waals surface area contributed by atoms with Crippen molar-refractivity contribution in [1.29, 1.82) is 0 Å². The van der Waals surface area contributed by atoms with E-state index in [1.54, 1.807) is 19.3 Å². The van der Waals surface area contributed by atoms with Crippen molar-refractivity contribution in [3.05, 3.63) is 42.2 Å². The third-order valence-corrected chi connectivity index (χ3v) is 3.16. The number of nitrogens with zero attached hydrogens (tertiary/aromatic N) is 4. The van der Waals surface area contributed by atoms with Crippen molar-refractivity contribution in [2.75, 3.05) is 0 Å². The first-order valence-corrected chi connectivity index (χ1v) is 6.15. The number of imidazole rings is 1. The van der Waals surface area contributed by atoms with E-state index in [9.17, 15) is 18.0 Å². The van der Waals surface area contributed by atoms with Crippen molar-refractivity contribution in [3.8, 4) is 11.1 Å². The van der Waals surface area contributed by atoms with E-state index in [-0.39, 0.29) is 5.52 Å². The summed E-state index contributed by atoms with van der Waals surface area (Å²) in [5.74, 6) is -2.20. The first-order chi connectivity index (χ1) is 10.3. The monoisotopic (exact) mass is 309 g/mol. The summed E-state index contributed by atoms with van der Waals surface area (Å²) in [5, 5.41) is 3.97. The van der Waals surface area contributed by atoms with Crippen molar-refractivity contribution in [1.82, 2.24) is 19.2 Å². The highest BCUT2D eigenvalue weighted by atomic mass is 19.4. The van der Waals surface area contributed by atoms with Gasteiger partial charge in [-0.2, -0.15) is 18.3 Å². The van der Waals surface area contributed by atoms with Gasteiger partial charge in [0.15, 0.2) is 5.69 Å². The Hall–Kier alpha value is -2.84. The Bertz CT molecular complexity index is 878. The first-order valence-electron chi connectivity index (χ1n) is 6.15. The predicted octanol–water partition coefficient (Wildman–Crippen LogP) is 1.85. The third-order valence-electron chi connectivity index (χ3n) is 3.16. The maximum absolute atomic E-state index is 13.1. The van der Waals surface area contributed by atoms with Gasteiger partial charge in [-0.25, -0.2) is 4.98 Å². The van der Waals surface area contributed by atoms with Crippen molar-refractivity contribution in [3.63, 3.8) is 0 Å². The van der Waals surface area contributed by atoms with Gasteiger partial charge in [0.05, 0.1) is 11.7 Å². The number of nitrogens with two attached hydrogens (primary N) is 1. The highest BCUT2D eigenvalue weighted by Gasteiger charge is 2.37. The SMILES string of the molecule is Cn1cc(-c2ccc3c(C(N)=O)nc(C(F)(F)F)n3c2)cn1. The van der Waals surface area contributed by atoms with E-state index in [1.807, 2.05) is 0 Å². The van der Waals surface area contributed by atoms with Crippen LogP contribution >= 0.6 is 0 Å². The summed E-state index contributed by atoms with van der Waals surface area (Å²) < 4.78 is 41.6. The minimum Gasteiger partial charge on any atom is -0.364 e. The number of aromatic nitrogens is 4. The molecule has 3 aromatic rings. The highest BCUT2D eigenvalue weighted by molar-refractivity contribution is 5.98. The van der Waals surface area contributed by atoms with Gasteiger partial charge in [-0.1, -0.05) is 6.07 Å². The van der Waals surface area contributed by atoms with E-state index in [1.165, 1.54) is 23.1 Å². The zero-order chi connectivity index (χ0) is 16.1. The fourth-order valence-electron chi connectivity index (χ4n) is 2.21. The van der Waals surface area contributed by atoms with Gasteiger partial charge in [0, 0.05) is 30.6 Å². The summed E-state index contributed by atoms with van der Waals surface area (Å²) in [7, 11) is 1.70. The Morgan fingerprint density at radius 2 is 1.95 bits per heavy atom. The lowest BCUT2D eigenvalue weighted by Crippen LogP contribution is -2.13. The number of hydrogen-bond acceptors (Lipinski definition) is 3. The van der Waals surface area contributed by atoms with E-state index in [0.29, 0.717) is 11.1 Å². The number of fused-ring (bicyclic) bond motifs is 1. The number of amides is 1. The molecular formula is C13H10F3N5O. The Morgan fingerprint density at radius 1 is 1.23 bits per heavy atom. The van der Waals surface area contributed by atoms with Crippen LogP contribution in [-0.4, -0.2) is 25.1 Å². The molecule has 0 saturated heterocycles. The van der Waals surface area contributed by atoms with Gasteiger partial charge >= 0.3 is 6.18 Å².